The molecule has 0 aliphatic carbocycles. The molecule has 0 spiro atoms. The van der Waals surface area contributed by atoms with Crippen molar-refractivity contribution in [2.75, 3.05) is 6.79 Å². The van der Waals surface area contributed by atoms with Crippen LogP contribution in [0.15, 0.2) is 36.4 Å². The normalized spacial score (nSPS) is 12.4. The molecule has 0 radical (unpaired) electrons. The zero-order chi connectivity index (χ0) is 18.0. The first kappa shape index (κ1) is 16.8. The Morgan fingerprint density at radius 3 is 2.72 bits per heavy atom. The summed E-state index contributed by atoms with van der Waals surface area (Å²) in [6.45, 7) is 1.83. The van der Waals surface area contributed by atoms with E-state index in [1.54, 1.807) is 18.2 Å². The Labute approximate surface area is 147 Å². The number of hydrogen-bond donors (Lipinski definition) is 0. The van der Waals surface area contributed by atoms with Gasteiger partial charge in [-0.2, -0.15) is 0 Å². The van der Waals surface area contributed by atoms with Gasteiger partial charge in [0.15, 0.2) is 11.5 Å². The van der Waals surface area contributed by atoms with E-state index in [0.717, 1.165) is 11.6 Å². The van der Waals surface area contributed by atoms with Gasteiger partial charge in [0.05, 0.1) is 21.6 Å². The molecule has 128 valence electrons. The van der Waals surface area contributed by atoms with Crippen LogP contribution < -0.4 is 14.2 Å². The third kappa shape index (κ3) is 3.72. The van der Waals surface area contributed by atoms with Crippen LogP contribution in [0.4, 0.5) is 5.69 Å². The molecule has 1 heterocycles. The van der Waals surface area contributed by atoms with Crippen LogP contribution in [0, 0.1) is 17.0 Å². The molecule has 0 saturated carbocycles. The lowest BCUT2D eigenvalue weighted by molar-refractivity contribution is -0.385. The maximum atomic E-state index is 12.0. The topological polar surface area (TPSA) is 87.9 Å². The van der Waals surface area contributed by atoms with Crippen LogP contribution in [0.2, 0.25) is 5.02 Å². The van der Waals surface area contributed by atoms with E-state index in [1.165, 1.54) is 18.2 Å². The summed E-state index contributed by atoms with van der Waals surface area (Å²) >= 11 is 5.97. The molecule has 2 aromatic carbocycles. The predicted octanol–water partition coefficient (Wildman–Crippen LogP) is 3.90. The molecule has 0 amide bonds. The van der Waals surface area contributed by atoms with E-state index < -0.39 is 10.9 Å². The minimum atomic E-state index is -0.709. The van der Waals surface area contributed by atoms with Crippen LogP contribution in [-0.2, 0) is 4.79 Å². The Kier molecular flexibility index (Phi) is 4.58. The van der Waals surface area contributed by atoms with Gasteiger partial charge in [0.25, 0.3) is 5.69 Å². The van der Waals surface area contributed by atoms with Crippen LogP contribution in [0.1, 0.15) is 11.1 Å². The highest BCUT2D eigenvalue weighted by Gasteiger charge is 2.22. The van der Waals surface area contributed by atoms with Crippen LogP contribution in [-0.4, -0.2) is 17.7 Å². The summed E-state index contributed by atoms with van der Waals surface area (Å²) in [5, 5.41) is 11.5. The van der Waals surface area contributed by atoms with Crippen molar-refractivity contribution in [2.45, 2.75) is 6.92 Å². The molecule has 0 fully saturated rings. The molecule has 0 unspecified atom stereocenters. The minimum Gasteiger partial charge on any atom is -0.454 e. The van der Waals surface area contributed by atoms with Gasteiger partial charge >= 0.3 is 5.97 Å². The average Bonchev–Trinajstić information content (AvgIpc) is 3.02. The number of nitrogens with zero attached hydrogens (tertiary/aromatic N) is 1. The van der Waals surface area contributed by atoms with Gasteiger partial charge in [0, 0.05) is 6.08 Å². The van der Waals surface area contributed by atoms with Crippen molar-refractivity contribution in [2.24, 2.45) is 0 Å². The zero-order valence-corrected chi connectivity index (χ0v) is 13.8. The second-order valence-corrected chi connectivity index (χ2v) is 5.62. The number of esters is 1. The summed E-state index contributed by atoms with van der Waals surface area (Å²) in [4.78, 5) is 22.6. The van der Waals surface area contributed by atoms with E-state index in [0.29, 0.717) is 10.8 Å². The number of nitro benzene ring substituents is 1. The second-order valence-electron chi connectivity index (χ2n) is 5.21. The number of hydrogen-bond acceptors (Lipinski definition) is 6. The molecule has 0 N–H and O–H groups in total. The molecule has 1 aliphatic heterocycles. The maximum Gasteiger partial charge on any atom is 0.336 e. The predicted molar refractivity (Wildman–Crippen MR) is 90.1 cm³/mol. The van der Waals surface area contributed by atoms with Crippen molar-refractivity contribution in [1.82, 2.24) is 0 Å². The fourth-order valence-electron chi connectivity index (χ4n) is 2.23. The quantitative estimate of drug-likeness (QED) is 0.270. The number of aryl methyl sites for hydroxylation is 1. The van der Waals surface area contributed by atoms with Gasteiger partial charge in [-0.15, -0.1) is 0 Å². The summed E-state index contributed by atoms with van der Waals surface area (Å²) < 4.78 is 15.5. The number of benzene rings is 2. The molecular formula is C17H12ClNO6. The number of nitro groups is 1. The Balaban J connectivity index is 1.83. The summed E-state index contributed by atoms with van der Waals surface area (Å²) in [5.74, 6) is 0.175. The first-order valence-electron chi connectivity index (χ1n) is 7.18. The molecule has 0 aromatic heterocycles. The van der Waals surface area contributed by atoms with Crippen LogP contribution in [0.25, 0.3) is 6.08 Å². The number of ether oxygens (including phenoxy) is 3. The van der Waals surface area contributed by atoms with E-state index >= 15 is 0 Å². The molecule has 0 atom stereocenters. The van der Waals surface area contributed by atoms with Gasteiger partial charge < -0.3 is 14.2 Å². The lowest BCUT2D eigenvalue weighted by atomic mass is 10.1. The average molecular weight is 362 g/mol. The molecule has 1 aliphatic rings. The molecule has 0 bridgehead atoms. The highest BCUT2D eigenvalue weighted by molar-refractivity contribution is 6.32. The highest BCUT2D eigenvalue weighted by Crippen LogP contribution is 2.38. The maximum absolute atomic E-state index is 12.0. The third-order valence-corrected chi connectivity index (χ3v) is 3.73. The molecule has 2 aromatic rings. The van der Waals surface area contributed by atoms with Gasteiger partial charge in [0.1, 0.15) is 5.75 Å². The van der Waals surface area contributed by atoms with Gasteiger partial charge in [-0.25, -0.2) is 4.79 Å². The van der Waals surface area contributed by atoms with Crippen molar-refractivity contribution >= 4 is 29.3 Å². The van der Waals surface area contributed by atoms with Gasteiger partial charge in [-0.3, -0.25) is 10.1 Å². The Morgan fingerprint density at radius 2 is 2.00 bits per heavy atom. The van der Waals surface area contributed by atoms with E-state index in [9.17, 15) is 14.9 Å². The Morgan fingerprint density at radius 1 is 1.28 bits per heavy atom. The van der Waals surface area contributed by atoms with E-state index in [-0.39, 0.29) is 29.5 Å². The van der Waals surface area contributed by atoms with Crippen molar-refractivity contribution in [3.8, 4) is 17.2 Å². The lowest BCUT2D eigenvalue weighted by Crippen LogP contribution is -2.04. The van der Waals surface area contributed by atoms with Gasteiger partial charge in [0.2, 0.25) is 6.79 Å². The largest absolute Gasteiger partial charge is 0.454 e. The first-order valence-corrected chi connectivity index (χ1v) is 7.56. The Hall–Kier alpha value is -3.06. The van der Waals surface area contributed by atoms with Crippen LogP contribution in [0.3, 0.4) is 0 Å². The SMILES string of the molecule is Cc1ccc(Cl)c(OC(=O)/C=C/c2cc3c(cc2[N+](=O)[O-])OCO3)c1. The molecule has 8 heteroatoms. The lowest BCUT2D eigenvalue weighted by Gasteiger charge is -2.05. The van der Waals surface area contributed by atoms with Crippen molar-refractivity contribution in [3.63, 3.8) is 0 Å². The number of carbonyl (C=O) groups excluding carboxylic acids is 1. The molecule has 7 nitrogen and oxygen atoms in total. The van der Waals surface area contributed by atoms with Gasteiger partial charge in [-0.05, 0) is 36.8 Å². The molecule has 25 heavy (non-hydrogen) atoms. The van der Waals surface area contributed by atoms with Crippen LogP contribution >= 0.6 is 11.6 Å². The third-order valence-electron chi connectivity index (χ3n) is 3.41. The first-order chi connectivity index (χ1) is 11.9. The van der Waals surface area contributed by atoms with E-state index in [4.69, 9.17) is 25.8 Å². The van der Waals surface area contributed by atoms with Crippen molar-refractivity contribution in [3.05, 3.63) is 62.7 Å². The summed E-state index contributed by atoms with van der Waals surface area (Å²) in [6.07, 6.45) is 2.37. The second kappa shape index (κ2) is 6.82. The van der Waals surface area contributed by atoms with Crippen molar-refractivity contribution < 1.29 is 23.9 Å². The smallest absolute Gasteiger partial charge is 0.336 e. The number of fused-ring (bicyclic) bond motifs is 1. The number of rotatable bonds is 4. The Bertz CT molecular complexity index is 893. The van der Waals surface area contributed by atoms with E-state index in [1.807, 2.05) is 6.92 Å². The molecular weight excluding hydrogens is 350 g/mol. The molecule has 0 saturated heterocycles. The fraction of sp³-hybridized carbons (Fsp3) is 0.118. The standard InChI is InChI=1S/C17H12ClNO6/c1-10-2-4-12(18)14(6-10)25-17(20)5-3-11-7-15-16(24-9-23-15)8-13(11)19(21)22/h2-8H,9H2,1H3/b5-3+. The summed E-state index contributed by atoms with van der Waals surface area (Å²) in [7, 11) is 0. The zero-order valence-electron chi connectivity index (χ0n) is 13.0. The number of carbonyl (C=O) groups is 1. The van der Waals surface area contributed by atoms with Crippen LogP contribution in [0.5, 0.6) is 17.2 Å². The summed E-state index contributed by atoms with van der Waals surface area (Å²) in [6, 6.07) is 7.71. The highest BCUT2D eigenvalue weighted by atomic mass is 35.5. The van der Waals surface area contributed by atoms with Gasteiger partial charge in [-0.1, -0.05) is 17.7 Å². The van der Waals surface area contributed by atoms with Crippen molar-refractivity contribution in [1.29, 1.82) is 0 Å². The minimum absolute atomic E-state index is 0.00639. The monoisotopic (exact) mass is 361 g/mol. The van der Waals surface area contributed by atoms with E-state index in [2.05, 4.69) is 0 Å². The molecule has 3 rings (SSSR count). The summed E-state index contributed by atoms with van der Waals surface area (Å²) in [5.41, 5.74) is 0.867. The number of halogens is 1. The fourth-order valence-corrected chi connectivity index (χ4v) is 2.38.